The van der Waals surface area contributed by atoms with Crippen molar-refractivity contribution in [3.8, 4) is 5.75 Å². The predicted octanol–water partition coefficient (Wildman–Crippen LogP) is 2.48. The Hall–Kier alpha value is -1.16. The number of fused-ring (bicyclic) bond motifs is 1. The number of amides is 1. The number of aliphatic hydroxyl groups excluding tert-OH is 1. The van der Waals surface area contributed by atoms with Crippen molar-refractivity contribution in [2.45, 2.75) is 50.2 Å². The van der Waals surface area contributed by atoms with Crippen LogP contribution in [0, 0.1) is 11.8 Å². The minimum absolute atomic E-state index is 0.0739. The molecule has 1 aromatic rings. The summed E-state index contributed by atoms with van der Waals surface area (Å²) in [5.41, 5.74) is 0. The van der Waals surface area contributed by atoms with Gasteiger partial charge >= 0.3 is 0 Å². The molecule has 162 valence electrons. The lowest BCUT2D eigenvalue weighted by Crippen LogP contribution is -2.50. The van der Waals surface area contributed by atoms with E-state index in [0.717, 1.165) is 12.8 Å². The molecule has 1 saturated carbocycles. The molecule has 0 radical (unpaired) electrons. The molecule has 29 heavy (non-hydrogen) atoms. The Labute approximate surface area is 181 Å². The SMILES string of the molecule is C[C@@H]1CN([C@H](C)CO)S(=O)(=O)c2ccc(Br)cc2O[C@H]1CN(C)C(=O)CC1CC1. The summed E-state index contributed by atoms with van der Waals surface area (Å²) >= 11 is 3.38. The van der Waals surface area contributed by atoms with Gasteiger partial charge in [0.1, 0.15) is 16.7 Å². The minimum atomic E-state index is -3.83. The molecule has 0 saturated heterocycles. The highest BCUT2D eigenvalue weighted by molar-refractivity contribution is 9.10. The van der Waals surface area contributed by atoms with Crippen LogP contribution in [0.2, 0.25) is 0 Å². The third-order valence-corrected chi connectivity index (χ3v) is 8.18. The molecule has 1 amide bonds. The lowest BCUT2D eigenvalue weighted by Gasteiger charge is -2.37. The molecule has 2 aliphatic rings. The Morgan fingerprint density at radius 2 is 2.10 bits per heavy atom. The highest BCUT2D eigenvalue weighted by Gasteiger charge is 2.38. The summed E-state index contributed by atoms with van der Waals surface area (Å²) in [7, 11) is -2.06. The number of nitrogens with zero attached hydrogens (tertiary/aromatic N) is 2. The van der Waals surface area contributed by atoms with Crippen molar-refractivity contribution < 1.29 is 23.1 Å². The first-order chi connectivity index (χ1) is 13.6. The van der Waals surface area contributed by atoms with Crippen molar-refractivity contribution in [2.24, 2.45) is 11.8 Å². The van der Waals surface area contributed by atoms with Gasteiger partial charge in [-0.2, -0.15) is 4.31 Å². The lowest BCUT2D eigenvalue weighted by atomic mass is 10.0. The van der Waals surface area contributed by atoms with Crippen molar-refractivity contribution in [1.82, 2.24) is 9.21 Å². The quantitative estimate of drug-likeness (QED) is 0.664. The Balaban J connectivity index is 1.92. The zero-order valence-electron chi connectivity index (χ0n) is 17.0. The smallest absolute Gasteiger partial charge is 0.247 e. The van der Waals surface area contributed by atoms with Gasteiger partial charge in [0, 0.05) is 36.4 Å². The first-order valence-electron chi connectivity index (χ1n) is 9.96. The van der Waals surface area contributed by atoms with E-state index in [2.05, 4.69) is 15.9 Å². The molecular weight excluding hydrogens is 460 g/mol. The van der Waals surface area contributed by atoms with Gasteiger partial charge in [0.05, 0.1) is 13.2 Å². The Morgan fingerprint density at radius 3 is 2.72 bits per heavy atom. The second-order valence-corrected chi connectivity index (χ2v) is 11.0. The maximum Gasteiger partial charge on any atom is 0.247 e. The van der Waals surface area contributed by atoms with Gasteiger partial charge in [-0.05, 0) is 43.9 Å². The van der Waals surface area contributed by atoms with Gasteiger partial charge in [-0.25, -0.2) is 8.42 Å². The monoisotopic (exact) mass is 488 g/mol. The van der Waals surface area contributed by atoms with Crippen molar-refractivity contribution in [1.29, 1.82) is 0 Å². The van der Waals surface area contributed by atoms with Crippen LogP contribution in [0.15, 0.2) is 27.6 Å². The van der Waals surface area contributed by atoms with E-state index in [4.69, 9.17) is 4.74 Å². The normalized spacial score (nSPS) is 25.3. The van der Waals surface area contributed by atoms with E-state index in [0.29, 0.717) is 23.4 Å². The van der Waals surface area contributed by atoms with Crippen LogP contribution in [-0.2, 0) is 14.8 Å². The van der Waals surface area contributed by atoms with Gasteiger partial charge in [-0.1, -0.05) is 22.9 Å². The van der Waals surface area contributed by atoms with Crippen molar-refractivity contribution in [3.63, 3.8) is 0 Å². The van der Waals surface area contributed by atoms with E-state index in [-0.39, 0.29) is 41.7 Å². The van der Waals surface area contributed by atoms with Crippen LogP contribution in [0.25, 0.3) is 0 Å². The van der Waals surface area contributed by atoms with Crippen LogP contribution in [0.5, 0.6) is 5.75 Å². The second-order valence-electron chi connectivity index (χ2n) is 8.25. The number of hydrogen-bond acceptors (Lipinski definition) is 5. The molecule has 3 atom stereocenters. The number of benzene rings is 1. The lowest BCUT2D eigenvalue weighted by molar-refractivity contribution is -0.131. The number of hydrogen-bond donors (Lipinski definition) is 1. The fraction of sp³-hybridized carbons (Fsp3) is 0.650. The zero-order chi connectivity index (χ0) is 21.3. The first-order valence-corrected chi connectivity index (χ1v) is 12.2. The summed E-state index contributed by atoms with van der Waals surface area (Å²) in [5.74, 6) is 0.674. The highest BCUT2D eigenvalue weighted by Crippen LogP contribution is 2.36. The number of rotatable bonds is 6. The molecule has 1 heterocycles. The number of aliphatic hydroxyl groups is 1. The number of halogens is 1. The third-order valence-electron chi connectivity index (χ3n) is 5.67. The van der Waals surface area contributed by atoms with Gasteiger partial charge in [0.2, 0.25) is 15.9 Å². The summed E-state index contributed by atoms with van der Waals surface area (Å²) in [5, 5.41) is 9.64. The Morgan fingerprint density at radius 1 is 1.41 bits per heavy atom. The second kappa shape index (κ2) is 8.91. The summed E-state index contributed by atoms with van der Waals surface area (Å²) in [6, 6.07) is 4.26. The maximum atomic E-state index is 13.3. The first kappa shape index (κ1) is 22.5. The van der Waals surface area contributed by atoms with Crippen LogP contribution >= 0.6 is 15.9 Å². The molecule has 0 aromatic heterocycles. The Bertz CT molecular complexity index is 858. The molecule has 9 heteroatoms. The van der Waals surface area contributed by atoms with Crippen LogP contribution < -0.4 is 4.74 Å². The van der Waals surface area contributed by atoms with E-state index in [1.165, 1.54) is 10.4 Å². The van der Waals surface area contributed by atoms with Crippen LogP contribution in [-0.4, -0.2) is 67.5 Å². The molecule has 7 nitrogen and oxygen atoms in total. The molecule has 0 bridgehead atoms. The van der Waals surface area contributed by atoms with Crippen molar-refractivity contribution >= 4 is 31.9 Å². The number of sulfonamides is 1. The molecule has 0 unspecified atom stereocenters. The van der Waals surface area contributed by atoms with Gasteiger partial charge in [-0.3, -0.25) is 4.79 Å². The maximum absolute atomic E-state index is 13.3. The molecule has 1 aliphatic carbocycles. The summed E-state index contributed by atoms with van der Waals surface area (Å²) in [4.78, 5) is 14.2. The fourth-order valence-electron chi connectivity index (χ4n) is 3.51. The largest absolute Gasteiger partial charge is 0.487 e. The van der Waals surface area contributed by atoms with Crippen molar-refractivity contribution in [2.75, 3.05) is 26.7 Å². The highest BCUT2D eigenvalue weighted by atomic mass is 79.9. The zero-order valence-corrected chi connectivity index (χ0v) is 19.4. The third kappa shape index (κ3) is 5.13. The number of likely N-dealkylation sites (N-methyl/N-ethyl adjacent to an activating group) is 1. The number of ether oxygens (including phenoxy) is 1. The topological polar surface area (TPSA) is 87.2 Å². The average molecular weight is 489 g/mol. The van der Waals surface area contributed by atoms with Crippen LogP contribution in [0.4, 0.5) is 0 Å². The number of carbonyl (C=O) groups is 1. The van der Waals surface area contributed by atoms with E-state index in [1.54, 1.807) is 31.0 Å². The minimum Gasteiger partial charge on any atom is -0.487 e. The summed E-state index contributed by atoms with van der Waals surface area (Å²) in [6.07, 6.45) is 2.41. The molecule has 0 spiro atoms. The van der Waals surface area contributed by atoms with E-state index in [9.17, 15) is 18.3 Å². The van der Waals surface area contributed by atoms with Crippen LogP contribution in [0.3, 0.4) is 0 Å². The standard InChI is InChI=1S/C20H29BrN2O5S/c1-13-10-23(14(2)12-24)29(26,27)19-7-6-16(21)9-17(19)28-18(13)11-22(3)20(25)8-15-4-5-15/h6-7,9,13-15,18,24H,4-5,8,10-12H2,1-3H3/t13-,14-,18+/m1/s1. The summed E-state index contributed by atoms with van der Waals surface area (Å²) < 4.78 is 34.7. The molecular formula is C20H29BrN2O5S. The van der Waals surface area contributed by atoms with Gasteiger partial charge in [0.25, 0.3) is 0 Å². The van der Waals surface area contributed by atoms with Gasteiger partial charge in [0.15, 0.2) is 0 Å². The molecule has 3 rings (SSSR count). The predicted molar refractivity (Wildman–Crippen MR) is 113 cm³/mol. The van der Waals surface area contributed by atoms with E-state index < -0.39 is 16.1 Å². The summed E-state index contributed by atoms with van der Waals surface area (Å²) in [6.45, 7) is 3.91. The average Bonchev–Trinajstić information content (AvgIpc) is 3.47. The fourth-order valence-corrected chi connectivity index (χ4v) is 5.68. The Kier molecular flexibility index (Phi) is 6.92. The van der Waals surface area contributed by atoms with Crippen molar-refractivity contribution in [3.05, 3.63) is 22.7 Å². The van der Waals surface area contributed by atoms with E-state index in [1.807, 2.05) is 6.92 Å². The van der Waals surface area contributed by atoms with Gasteiger partial charge in [-0.15, -0.1) is 0 Å². The number of carbonyl (C=O) groups excluding carboxylic acids is 1. The van der Waals surface area contributed by atoms with Crippen LogP contribution in [0.1, 0.15) is 33.1 Å². The van der Waals surface area contributed by atoms with E-state index >= 15 is 0 Å². The molecule has 1 aliphatic heterocycles. The molecule has 1 fully saturated rings. The van der Waals surface area contributed by atoms with Gasteiger partial charge < -0.3 is 14.7 Å². The molecule has 1 aromatic carbocycles. The molecule has 1 N–H and O–H groups in total.